The summed E-state index contributed by atoms with van der Waals surface area (Å²) in [5.41, 5.74) is 1.11. The summed E-state index contributed by atoms with van der Waals surface area (Å²) in [5, 5.41) is 18.8. The summed E-state index contributed by atoms with van der Waals surface area (Å²) in [4.78, 5) is 0. The fourth-order valence-electron chi connectivity index (χ4n) is 2.33. The van der Waals surface area contributed by atoms with E-state index in [0.29, 0.717) is 13.0 Å². The van der Waals surface area contributed by atoms with Crippen LogP contribution in [-0.4, -0.2) is 26.0 Å². The maximum atomic E-state index is 9.71. The van der Waals surface area contributed by atoms with Crippen molar-refractivity contribution in [1.82, 2.24) is 14.8 Å². The molecular formula is C13H14ClN3O. The van der Waals surface area contributed by atoms with Crippen molar-refractivity contribution in [2.24, 2.45) is 0 Å². The Balaban J connectivity index is 1.87. The van der Waals surface area contributed by atoms with Gasteiger partial charge in [-0.3, -0.25) is 0 Å². The topological polar surface area (TPSA) is 50.9 Å². The summed E-state index contributed by atoms with van der Waals surface area (Å²) in [6, 6.07) is 7.74. The van der Waals surface area contributed by atoms with E-state index in [1.807, 2.05) is 28.8 Å². The van der Waals surface area contributed by atoms with E-state index >= 15 is 0 Å². The van der Waals surface area contributed by atoms with E-state index < -0.39 is 0 Å². The van der Waals surface area contributed by atoms with Crippen LogP contribution in [0.3, 0.4) is 0 Å². The number of aliphatic hydroxyl groups is 1. The van der Waals surface area contributed by atoms with E-state index in [9.17, 15) is 5.11 Å². The van der Waals surface area contributed by atoms with Gasteiger partial charge in [-0.05, 0) is 24.1 Å². The van der Waals surface area contributed by atoms with Crippen LogP contribution in [0.1, 0.15) is 23.6 Å². The molecule has 4 nitrogen and oxygen atoms in total. The lowest BCUT2D eigenvalue weighted by Gasteiger charge is -2.19. The van der Waals surface area contributed by atoms with E-state index in [0.717, 1.165) is 35.1 Å². The zero-order chi connectivity index (χ0) is 12.5. The molecule has 0 saturated heterocycles. The molecule has 1 aromatic carbocycles. The molecule has 0 amide bonds. The first-order valence-electron chi connectivity index (χ1n) is 6.06. The van der Waals surface area contributed by atoms with E-state index in [1.165, 1.54) is 0 Å². The number of benzene rings is 1. The van der Waals surface area contributed by atoms with Crippen LogP contribution in [0.4, 0.5) is 0 Å². The maximum absolute atomic E-state index is 9.71. The fraction of sp³-hybridized carbons (Fsp3) is 0.385. The van der Waals surface area contributed by atoms with Gasteiger partial charge in [0.25, 0.3) is 0 Å². The van der Waals surface area contributed by atoms with E-state index in [-0.39, 0.29) is 6.10 Å². The predicted octanol–water partition coefficient (Wildman–Crippen LogP) is 1.83. The third-order valence-corrected chi connectivity index (χ3v) is 3.48. The number of hydrogen-bond acceptors (Lipinski definition) is 3. The quantitative estimate of drug-likeness (QED) is 0.899. The highest BCUT2D eigenvalue weighted by Crippen LogP contribution is 2.18. The normalized spacial score (nSPS) is 18.7. The number of fused-ring (bicyclic) bond motifs is 1. The van der Waals surface area contributed by atoms with Crippen molar-refractivity contribution < 1.29 is 5.11 Å². The van der Waals surface area contributed by atoms with Gasteiger partial charge in [-0.1, -0.05) is 23.7 Å². The number of aryl methyl sites for hydroxylation is 1. The molecule has 0 saturated carbocycles. The van der Waals surface area contributed by atoms with Crippen LogP contribution in [0.25, 0.3) is 0 Å². The summed E-state index contributed by atoms with van der Waals surface area (Å²) < 4.78 is 2.02. The first kappa shape index (κ1) is 11.7. The molecule has 1 aromatic heterocycles. The van der Waals surface area contributed by atoms with Crippen LogP contribution in [-0.2, 0) is 19.4 Å². The first-order chi connectivity index (χ1) is 8.72. The van der Waals surface area contributed by atoms with Crippen LogP contribution >= 0.6 is 11.6 Å². The summed E-state index contributed by atoms with van der Waals surface area (Å²) in [7, 11) is 0. The average Bonchev–Trinajstić information content (AvgIpc) is 2.72. The van der Waals surface area contributed by atoms with Gasteiger partial charge in [-0.15, -0.1) is 10.2 Å². The van der Waals surface area contributed by atoms with Crippen LogP contribution in [0.15, 0.2) is 24.3 Å². The van der Waals surface area contributed by atoms with Gasteiger partial charge in [-0.25, -0.2) is 0 Å². The molecule has 2 aromatic rings. The molecular weight excluding hydrogens is 250 g/mol. The monoisotopic (exact) mass is 263 g/mol. The smallest absolute Gasteiger partial charge is 0.137 e. The van der Waals surface area contributed by atoms with E-state index in [2.05, 4.69) is 10.2 Å². The highest BCUT2D eigenvalue weighted by atomic mass is 35.5. The summed E-state index contributed by atoms with van der Waals surface area (Å²) >= 11 is 5.97. The minimum absolute atomic E-state index is 0.286. The molecule has 1 unspecified atom stereocenters. The number of aliphatic hydroxyl groups excluding tert-OH is 1. The predicted molar refractivity (Wildman–Crippen MR) is 68.6 cm³/mol. The van der Waals surface area contributed by atoms with Crippen molar-refractivity contribution in [1.29, 1.82) is 0 Å². The molecule has 5 heteroatoms. The third kappa shape index (κ3) is 2.26. The second-order valence-electron chi connectivity index (χ2n) is 4.64. The molecule has 0 fully saturated rings. The lowest BCUT2D eigenvalue weighted by molar-refractivity contribution is 0.129. The molecule has 0 bridgehead atoms. The van der Waals surface area contributed by atoms with Crippen LogP contribution in [0, 0.1) is 0 Å². The largest absolute Gasteiger partial charge is 0.391 e. The molecule has 1 aliphatic rings. The van der Waals surface area contributed by atoms with Crippen LogP contribution in [0.2, 0.25) is 5.02 Å². The van der Waals surface area contributed by atoms with Crippen LogP contribution in [0.5, 0.6) is 0 Å². The fourth-order valence-corrected chi connectivity index (χ4v) is 2.54. The van der Waals surface area contributed by atoms with Gasteiger partial charge in [-0.2, -0.15) is 0 Å². The molecule has 0 spiro atoms. The highest BCUT2D eigenvalue weighted by molar-refractivity contribution is 6.30. The Bertz CT molecular complexity index is 567. The van der Waals surface area contributed by atoms with Gasteiger partial charge < -0.3 is 9.67 Å². The Morgan fingerprint density at radius 1 is 1.39 bits per heavy atom. The number of halogens is 1. The van der Waals surface area contributed by atoms with E-state index in [1.54, 1.807) is 0 Å². The average molecular weight is 264 g/mol. The number of hydrogen-bond donors (Lipinski definition) is 1. The van der Waals surface area contributed by atoms with Crippen molar-refractivity contribution in [2.75, 3.05) is 0 Å². The Hall–Kier alpha value is -1.39. The SMILES string of the molecule is OC1CCc2nnc(Cc3cccc(Cl)c3)n2C1. The van der Waals surface area contributed by atoms with E-state index in [4.69, 9.17) is 11.6 Å². The Labute approximate surface area is 110 Å². The van der Waals surface area contributed by atoms with Gasteiger partial charge in [0.1, 0.15) is 11.6 Å². The summed E-state index contributed by atoms with van der Waals surface area (Å²) in [6.45, 7) is 0.595. The first-order valence-corrected chi connectivity index (χ1v) is 6.43. The molecule has 94 valence electrons. The minimum atomic E-state index is -0.286. The second-order valence-corrected chi connectivity index (χ2v) is 5.08. The third-order valence-electron chi connectivity index (χ3n) is 3.25. The molecule has 1 N–H and O–H groups in total. The second kappa shape index (κ2) is 4.71. The number of aromatic nitrogens is 3. The molecule has 0 aliphatic carbocycles. The van der Waals surface area contributed by atoms with Gasteiger partial charge in [0, 0.05) is 17.9 Å². The van der Waals surface area contributed by atoms with Crippen molar-refractivity contribution in [3.63, 3.8) is 0 Å². The Morgan fingerprint density at radius 2 is 2.28 bits per heavy atom. The molecule has 0 radical (unpaired) electrons. The van der Waals surface area contributed by atoms with Gasteiger partial charge >= 0.3 is 0 Å². The molecule has 18 heavy (non-hydrogen) atoms. The zero-order valence-corrected chi connectivity index (χ0v) is 10.6. The van der Waals surface area contributed by atoms with Gasteiger partial charge in [0.2, 0.25) is 0 Å². The lowest BCUT2D eigenvalue weighted by atomic mass is 10.1. The van der Waals surface area contributed by atoms with Crippen molar-refractivity contribution in [2.45, 2.75) is 31.9 Å². The minimum Gasteiger partial charge on any atom is -0.391 e. The zero-order valence-electron chi connectivity index (χ0n) is 9.88. The molecule has 2 heterocycles. The molecule has 1 atom stereocenters. The Kier molecular flexibility index (Phi) is 3.06. The summed E-state index contributed by atoms with van der Waals surface area (Å²) in [5.74, 6) is 1.86. The van der Waals surface area contributed by atoms with Gasteiger partial charge in [0.05, 0.1) is 12.6 Å². The molecule has 1 aliphatic heterocycles. The standard InChI is InChI=1S/C13H14ClN3O/c14-10-3-1-2-9(6-10)7-13-16-15-12-5-4-11(18)8-17(12)13/h1-3,6,11,18H,4-5,7-8H2. The number of rotatable bonds is 2. The van der Waals surface area contributed by atoms with Crippen molar-refractivity contribution in [3.8, 4) is 0 Å². The Morgan fingerprint density at radius 3 is 3.11 bits per heavy atom. The summed E-state index contributed by atoms with van der Waals surface area (Å²) in [6.07, 6.45) is 1.98. The number of nitrogens with zero attached hydrogens (tertiary/aromatic N) is 3. The lowest BCUT2D eigenvalue weighted by Crippen LogP contribution is -2.25. The maximum Gasteiger partial charge on any atom is 0.137 e. The highest BCUT2D eigenvalue weighted by Gasteiger charge is 2.21. The van der Waals surface area contributed by atoms with Crippen molar-refractivity contribution in [3.05, 3.63) is 46.5 Å². The van der Waals surface area contributed by atoms with Gasteiger partial charge in [0.15, 0.2) is 0 Å². The van der Waals surface area contributed by atoms with Crippen molar-refractivity contribution >= 4 is 11.6 Å². The van der Waals surface area contributed by atoms with Crippen LogP contribution < -0.4 is 0 Å². The molecule has 3 rings (SSSR count).